The summed E-state index contributed by atoms with van der Waals surface area (Å²) in [6.07, 6.45) is 8.75. The molecule has 0 aromatic carbocycles. The van der Waals surface area contributed by atoms with E-state index >= 15 is 0 Å². The Morgan fingerprint density at radius 1 is 1.21 bits per heavy atom. The molecule has 0 aromatic rings. The predicted octanol–water partition coefficient (Wildman–Crippen LogP) is 2.40. The van der Waals surface area contributed by atoms with Gasteiger partial charge in [-0.2, -0.15) is 11.8 Å². The number of likely N-dealkylation sites (tertiary alicyclic amines) is 1. The highest BCUT2D eigenvalue weighted by molar-refractivity contribution is 7.99. The maximum atomic E-state index is 12.4. The van der Waals surface area contributed by atoms with Gasteiger partial charge in [-0.15, -0.1) is 0 Å². The van der Waals surface area contributed by atoms with Gasteiger partial charge in [0.2, 0.25) is 5.91 Å². The first-order valence-corrected chi connectivity index (χ1v) is 9.02. The van der Waals surface area contributed by atoms with Gasteiger partial charge in [-0.05, 0) is 37.9 Å². The molecule has 0 spiro atoms. The summed E-state index contributed by atoms with van der Waals surface area (Å²) in [5, 5.41) is 4.43. The number of thioether (sulfide) groups is 1. The van der Waals surface area contributed by atoms with Crippen LogP contribution in [0.15, 0.2) is 0 Å². The maximum absolute atomic E-state index is 12.4. The summed E-state index contributed by atoms with van der Waals surface area (Å²) in [4.78, 5) is 14.5. The fourth-order valence-electron chi connectivity index (χ4n) is 3.56. The van der Waals surface area contributed by atoms with Crippen molar-refractivity contribution in [3.8, 4) is 0 Å². The second-order valence-electron chi connectivity index (χ2n) is 6.16. The standard InChI is InChI=1S/C15H26N2OS/c1-2-19-14-6-4-3-5-12(14)16-13-9-10-17(15(13)18)11-7-8-11/h11-14,16H,2-10H2,1H3/t12-,13+,14+/m0/s1. The Morgan fingerprint density at radius 2 is 2.00 bits per heavy atom. The molecular weight excluding hydrogens is 256 g/mol. The number of carbonyl (C=O) groups is 1. The number of nitrogens with one attached hydrogen (secondary N) is 1. The minimum Gasteiger partial charge on any atom is -0.338 e. The first-order valence-electron chi connectivity index (χ1n) is 7.97. The molecule has 1 amide bonds. The Balaban J connectivity index is 1.56. The third-order valence-corrected chi connectivity index (χ3v) is 6.05. The third-order valence-electron chi connectivity index (χ3n) is 4.73. The van der Waals surface area contributed by atoms with Gasteiger partial charge in [-0.1, -0.05) is 19.8 Å². The zero-order valence-electron chi connectivity index (χ0n) is 11.9. The molecule has 0 unspecified atom stereocenters. The summed E-state index contributed by atoms with van der Waals surface area (Å²) >= 11 is 2.08. The van der Waals surface area contributed by atoms with Crippen molar-refractivity contribution < 1.29 is 4.79 Å². The fraction of sp³-hybridized carbons (Fsp3) is 0.933. The number of carbonyl (C=O) groups excluding carboxylic acids is 1. The third kappa shape index (κ3) is 3.10. The lowest BCUT2D eigenvalue weighted by molar-refractivity contribution is -0.130. The molecule has 1 N–H and O–H groups in total. The van der Waals surface area contributed by atoms with Crippen molar-refractivity contribution in [1.29, 1.82) is 0 Å². The Kier molecular flexibility index (Phi) is 4.37. The van der Waals surface area contributed by atoms with Gasteiger partial charge in [0.15, 0.2) is 0 Å². The molecule has 0 bridgehead atoms. The van der Waals surface area contributed by atoms with E-state index in [0.717, 1.165) is 18.2 Å². The monoisotopic (exact) mass is 282 g/mol. The Hall–Kier alpha value is -0.220. The van der Waals surface area contributed by atoms with Crippen LogP contribution in [0.3, 0.4) is 0 Å². The highest BCUT2D eigenvalue weighted by atomic mass is 32.2. The van der Waals surface area contributed by atoms with Crippen molar-refractivity contribution >= 4 is 17.7 Å². The summed E-state index contributed by atoms with van der Waals surface area (Å²) in [6, 6.07) is 1.27. The molecule has 3 nitrogen and oxygen atoms in total. The second kappa shape index (κ2) is 6.04. The molecule has 108 valence electrons. The quantitative estimate of drug-likeness (QED) is 0.840. The smallest absolute Gasteiger partial charge is 0.240 e. The lowest BCUT2D eigenvalue weighted by atomic mass is 9.94. The summed E-state index contributed by atoms with van der Waals surface area (Å²) in [7, 11) is 0. The average Bonchev–Trinajstić information content (AvgIpc) is 3.19. The molecule has 1 aliphatic heterocycles. The van der Waals surface area contributed by atoms with Crippen LogP contribution in [-0.4, -0.2) is 46.5 Å². The molecule has 3 atom stereocenters. The van der Waals surface area contributed by atoms with E-state index in [9.17, 15) is 4.79 Å². The van der Waals surface area contributed by atoms with Crippen LogP contribution in [0.25, 0.3) is 0 Å². The molecule has 2 aliphatic carbocycles. The van der Waals surface area contributed by atoms with Crippen LogP contribution in [0.1, 0.15) is 51.9 Å². The van der Waals surface area contributed by atoms with Gasteiger partial charge >= 0.3 is 0 Å². The number of hydrogen-bond donors (Lipinski definition) is 1. The zero-order chi connectivity index (χ0) is 13.2. The number of amides is 1. The summed E-state index contributed by atoms with van der Waals surface area (Å²) in [5.41, 5.74) is 0. The van der Waals surface area contributed by atoms with Crippen molar-refractivity contribution in [2.75, 3.05) is 12.3 Å². The van der Waals surface area contributed by atoms with Gasteiger partial charge in [0.1, 0.15) is 0 Å². The van der Waals surface area contributed by atoms with Crippen LogP contribution in [0.4, 0.5) is 0 Å². The lowest BCUT2D eigenvalue weighted by Gasteiger charge is -2.33. The number of hydrogen-bond acceptors (Lipinski definition) is 3. The molecule has 0 aromatic heterocycles. The van der Waals surface area contributed by atoms with Crippen molar-refractivity contribution in [3.05, 3.63) is 0 Å². The van der Waals surface area contributed by atoms with Crippen molar-refractivity contribution in [1.82, 2.24) is 10.2 Å². The molecule has 3 rings (SSSR count). The normalized spacial score (nSPS) is 35.9. The van der Waals surface area contributed by atoms with E-state index in [1.807, 2.05) is 0 Å². The number of nitrogens with zero attached hydrogens (tertiary/aromatic N) is 1. The van der Waals surface area contributed by atoms with Gasteiger partial charge < -0.3 is 10.2 Å². The van der Waals surface area contributed by atoms with Crippen LogP contribution in [0.2, 0.25) is 0 Å². The summed E-state index contributed by atoms with van der Waals surface area (Å²) in [5.74, 6) is 1.57. The van der Waals surface area contributed by atoms with Crippen LogP contribution >= 0.6 is 11.8 Å². The van der Waals surface area contributed by atoms with Crippen LogP contribution in [0.5, 0.6) is 0 Å². The molecule has 3 aliphatic rings. The summed E-state index contributed by atoms with van der Waals surface area (Å²) in [6.45, 7) is 3.23. The molecule has 2 saturated carbocycles. The predicted molar refractivity (Wildman–Crippen MR) is 80.5 cm³/mol. The first-order chi connectivity index (χ1) is 9.29. The largest absolute Gasteiger partial charge is 0.338 e. The first kappa shape index (κ1) is 13.7. The second-order valence-corrected chi connectivity index (χ2v) is 7.67. The van der Waals surface area contributed by atoms with Gasteiger partial charge in [0, 0.05) is 23.9 Å². The average molecular weight is 282 g/mol. The highest BCUT2D eigenvalue weighted by Gasteiger charge is 2.41. The molecule has 3 fully saturated rings. The van der Waals surface area contributed by atoms with E-state index in [1.54, 1.807) is 0 Å². The lowest BCUT2D eigenvalue weighted by Crippen LogP contribution is -2.49. The topological polar surface area (TPSA) is 32.3 Å². The number of rotatable bonds is 5. The Bertz CT molecular complexity index is 330. The summed E-state index contributed by atoms with van der Waals surface area (Å²) < 4.78 is 0. The Morgan fingerprint density at radius 3 is 2.74 bits per heavy atom. The van der Waals surface area contributed by atoms with Crippen LogP contribution in [-0.2, 0) is 4.79 Å². The van der Waals surface area contributed by atoms with E-state index in [0.29, 0.717) is 18.0 Å². The molecule has 4 heteroatoms. The minimum atomic E-state index is 0.114. The highest BCUT2D eigenvalue weighted by Crippen LogP contribution is 2.33. The van der Waals surface area contributed by atoms with Crippen LogP contribution < -0.4 is 5.32 Å². The SMILES string of the molecule is CCS[C@@H]1CCCC[C@@H]1N[C@@H]1CCN(C2CC2)C1=O. The molecule has 0 radical (unpaired) electrons. The van der Waals surface area contributed by atoms with E-state index in [1.165, 1.54) is 44.3 Å². The van der Waals surface area contributed by atoms with E-state index in [4.69, 9.17) is 0 Å². The van der Waals surface area contributed by atoms with Crippen LogP contribution in [0, 0.1) is 0 Å². The maximum Gasteiger partial charge on any atom is 0.240 e. The van der Waals surface area contributed by atoms with Crippen molar-refractivity contribution in [2.24, 2.45) is 0 Å². The Labute approximate surface area is 120 Å². The molecule has 19 heavy (non-hydrogen) atoms. The van der Waals surface area contributed by atoms with E-state index in [-0.39, 0.29) is 6.04 Å². The van der Waals surface area contributed by atoms with Crippen molar-refractivity contribution in [2.45, 2.75) is 75.2 Å². The van der Waals surface area contributed by atoms with Gasteiger partial charge in [-0.3, -0.25) is 4.79 Å². The van der Waals surface area contributed by atoms with E-state index < -0.39 is 0 Å². The van der Waals surface area contributed by atoms with Crippen molar-refractivity contribution in [3.63, 3.8) is 0 Å². The minimum absolute atomic E-state index is 0.114. The van der Waals surface area contributed by atoms with E-state index in [2.05, 4.69) is 28.9 Å². The van der Waals surface area contributed by atoms with Gasteiger partial charge in [0.05, 0.1) is 6.04 Å². The zero-order valence-corrected chi connectivity index (χ0v) is 12.8. The van der Waals surface area contributed by atoms with Gasteiger partial charge in [0.25, 0.3) is 0 Å². The fourth-order valence-corrected chi connectivity index (χ4v) is 4.77. The molecule has 1 saturated heterocycles. The van der Waals surface area contributed by atoms with Gasteiger partial charge in [-0.25, -0.2) is 0 Å². The molecular formula is C15H26N2OS. The molecule has 1 heterocycles.